The van der Waals surface area contributed by atoms with E-state index in [1.165, 1.54) is 32.1 Å². The van der Waals surface area contributed by atoms with E-state index < -0.39 is 0 Å². The fraction of sp³-hybridized carbons (Fsp3) is 0.619. The predicted molar refractivity (Wildman–Crippen MR) is 104 cm³/mol. The smallest absolute Gasteiger partial charge is 0.321 e. The number of benzene rings is 1. The number of anilines is 1. The van der Waals surface area contributed by atoms with Gasteiger partial charge in [0.15, 0.2) is 0 Å². The molecular weight excluding hydrogens is 326 g/mol. The lowest BCUT2D eigenvalue weighted by atomic mass is 9.86. The van der Waals surface area contributed by atoms with Crippen molar-refractivity contribution in [3.8, 4) is 0 Å². The third kappa shape index (κ3) is 5.23. The SMILES string of the molecule is Cc1cccc(NC(=O)N2CCN(C(=O)CCC3CCCCC3)CC2)c1. The minimum atomic E-state index is -0.0788. The van der Waals surface area contributed by atoms with Crippen LogP contribution in [0.4, 0.5) is 10.5 Å². The maximum atomic E-state index is 12.5. The van der Waals surface area contributed by atoms with E-state index >= 15 is 0 Å². The number of nitrogens with zero attached hydrogens (tertiary/aromatic N) is 2. The van der Waals surface area contributed by atoms with Crippen LogP contribution in [0.5, 0.6) is 0 Å². The molecule has 1 aromatic rings. The number of piperazine rings is 1. The number of hydrogen-bond donors (Lipinski definition) is 1. The molecule has 1 aromatic carbocycles. The summed E-state index contributed by atoms with van der Waals surface area (Å²) in [5.41, 5.74) is 1.94. The van der Waals surface area contributed by atoms with Crippen molar-refractivity contribution in [3.05, 3.63) is 29.8 Å². The zero-order valence-corrected chi connectivity index (χ0v) is 15.9. The highest BCUT2D eigenvalue weighted by Crippen LogP contribution is 2.27. The van der Waals surface area contributed by atoms with Gasteiger partial charge in [0.1, 0.15) is 0 Å². The summed E-state index contributed by atoms with van der Waals surface area (Å²) >= 11 is 0. The number of nitrogens with one attached hydrogen (secondary N) is 1. The lowest BCUT2D eigenvalue weighted by Gasteiger charge is -2.35. The summed E-state index contributed by atoms with van der Waals surface area (Å²) in [6.07, 6.45) is 8.30. The molecule has 0 spiro atoms. The largest absolute Gasteiger partial charge is 0.339 e. The first kappa shape index (κ1) is 18.7. The van der Waals surface area contributed by atoms with Gasteiger partial charge in [-0.25, -0.2) is 4.79 Å². The van der Waals surface area contributed by atoms with Crippen molar-refractivity contribution in [3.63, 3.8) is 0 Å². The van der Waals surface area contributed by atoms with Gasteiger partial charge >= 0.3 is 6.03 Å². The van der Waals surface area contributed by atoms with Crippen LogP contribution in [0.2, 0.25) is 0 Å². The van der Waals surface area contributed by atoms with Gasteiger partial charge in [0.25, 0.3) is 0 Å². The Morgan fingerprint density at radius 1 is 1.04 bits per heavy atom. The monoisotopic (exact) mass is 357 g/mol. The van der Waals surface area contributed by atoms with Gasteiger partial charge in [-0.2, -0.15) is 0 Å². The molecule has 1 saturated heterocycles. The van der Waals surface area contributed by atoms with Crippen LogP contribution in [0.1, 0.15) is 50.5 Å². The third-order valence-electron chi connectivity index (χ3n) is 5.68. The van der Waals surface area contributed by atoms with Crippen molar-refractivity contribution in [2.24, 2.45) is 5.92 Å². The number of rotatable bonds is 4. The molecule has 0 unspecified atom stereocenters. The Morgan fingerprint density at radius 3 is 2.42 bits per heavy atom. The van der Waals surface area contributed by atoms with E-state index in [1.54, 1.807) is 4.90 Å². The first-order valence-electron chi connectivity index (χ1n) is 10.0. The van der Waals surface area contributed by atoms with Crippen molar-refractivity contribution in [2.45, 2.75) is 51.9 Å². The summed E-state index contributed by atoms with van der Waals surface area (Å²) in [7, 11) is 0. The summed E-state index contributed by atoms with van der Waals surface area (Å²) in [5.74, 6) is 1.00. The molecule has 1 aliphatic carbocycles. The van der Waals surface area contributed by atoms with E-state index in [-0.39, 0.29) is 11.9 Å². The minimum Gasteiger partial charge on any atom is -0.339 e. The van der Waals surface area contributed by atoms with E-state index in [4.69, 9.17) is 0 Å². The van der Waals surface area contributed by atoms with E-state index in [0.29, 0.717) is 32.6 Å². The third-order valence-corrected chi connectivity index (χ3v) is 5.68. The summed E-state index contributed by atoms with van der Waals surface area (Å²) in [5, 5.41) is 2.95. The van der Waals surface area contributed by atoms with Gasteiger partial charge < -0.3 is 15.1 Å². The zero-order valence-electron chi connectivity index (χ0n) is 15.9. The molecule has 3 amide bonds. The van der Waals surface area contributed by atoms with Gasteiger partial charge in [0, 0.05) is 38.3 Å². The number of urea groups is 1. The number of carbonyl (C=O) groups is 2. The molecule has 5 nitrogen and oxygen atoms in total. The van der Waals surface area contributed by atoms with Crippen LogP contribution in [-0.2, 0) is 4.79 Å². The van der Waals surface area contributed by atoms with Crippen molar-refractivity contribution in [1.82, 2.24) is 9.80 Å². The number of aryl methyl sites for hydroxylation is 1. The van der Waals surface area contributed by atoms with Gasteiger partial charge in [-0.15, -0.1) is 0 Å². The molecule has 142 valence electrons. The van der Waals surface area contributed by atoms with Crippen LogP contribution in [0.3, 0.4) is 0 Å². The number of carbonyl (C=O) groups excluding carboxylic acids is 2. The molecule has 5 heteroatoms. The summed E-state index contributed by atoms with van der Waals surface area (Å²) in [6.45, 7) is 4.50. The molecular formula is C21H31N3O2. The van der Waals surface area contributed by atoms with Gasteiger partial charge in [0.05, 0.1) is 0 Å². The maximum Gasteiger partial charge on any atom is 0.321 e. The molecule has 1 heterocycles. The topological polar surface area (TPSA) is 52.7 Å². The highest BCUT2D eigenvalue weighted by molar-refractivity contribution is 5.89. The quantitative estimate of drug-likeness (QED) is 0.884. The molecule has 1 N–H and O–H groups in total. The molecule has 0 bridgehead atoms. The summed E-state index contributed by atoms with van der Waals surface area (Å²) in [6, 6.07) is 7.73. The molecule has 1 aliphatic heterocycles. The molecule has 0 atom stereocenters. The average Bonchev–Trinajstić information content (AvgIpc) is 2.67. The lowest BCUT2D eigenvalue weighted by molar-refractivity contribution is -0.132. The molecule has 26 heavy (non-hydrogen) atoms. The van der Waals surface area contributed by atoms with Crippen LogP contribution in [0, 0.1) is 12.8 Å². The predicted octanol–water partition coefficient (Wildman–Crippen LogP) is 4.03. The van der Waals surface area contributed by atoms with E-state index in [2.05, 4.69) is 5.32 Å². The lowest BCUT2D eigenvalue weighted by Crippen LogP contribution is -2.51. The van der Waals surface area contributed by atoms with Crippen molar-refractivity contribution >= 4 is 17.6 Å². The van der Waals surface area contributed by atoms with Crippen molar-refractivity contribution in [2.75, 3.05) is 31.5 Å². The van der Waals surface area contributed by atoms with Gasteiger partial charge in [0.2, 0.25) is 5.91 Å². The fourth-order valence-electron chi connectivity index (χ4n) is 4.05. The molecule has 0 radical (unpaired) electrons. The first-order valence-corrected chi connectivity index (χ1v) is 10.0. The Kier molecular flexibility index (Phi) is 6.53. The number of amides is 3. The van der Waals surface area contributed by atoms with Gasteiger partial charge in [-0.1, -0.05) is 44.2 Å². The van der Waals surface area contributed by atoms with Gasteiger partial charge in [-0.3, -0.25) is 4.79 Å². The van der Waals surface area contributed by atoms with Crippen LogP contribution in [-0.4, -0.2) is 47.9 Å². The molecule has 2 fully saturated rings. The van der Waals surface area contributed by atoms with Crippen LogP contribution in [0.25, 0.3) is 0 Å². The van der Waals surface area contributed by atoms with Gasteiger partial charge in [-0.05, 0) is 37.0 Å². The number of hydrogen-bond acceptors (Lipinski definition) is 2. The van der Waals surface area contributed by atoms with Crippen LogP contribution in [0.15, 0.2) is 24.3 Å². The van der Waals surface area contributed by atoms with Crippen LogP contribution >= 0.6 is 0 Å². The van der Waals surface area contributed by atoms with Crippen LogP contribution < -0.4 is 5.32 Å². The average molecular weight is 357 g/mol. The minimum absolute atomic E-state index is 0.0788. The molecule has 1 saturated carbocycles. The van der Waals surface area contributed by atoms with E-state index in [9.17, 15) is 9.59 Å². The molecule has 3 rings (SSSR count). The Hall–Kier alpha value is -2.04. The normalized spacial score (nSPS) is 18.7. The Morgan fingerprint density at radius 2 is 1.73 bits per heavy atom. The highest BCUT2D eigenvalue weighted by Gasteiger charge is 2.25. The second-order valence-electron chi connectivity index (χ2n) is 7.71. The molecule has 2 aliphatic rings. The van der Waals surface area contributed by atoms with E-state index in [0.717, 1.165) is 23.6 Å². The van der Waals surface area contributed by atoms with E-state index in [1.807, 2.05) is 36.1 Å². The zero-order chi connectivity index (χ0) is 18.4. The standard InChI is InChI=1S/C21H31N3O2/c1-17-6-5-9-19(16-17)22-21(26)24-14-12-23(13-15-24)20(25)11-10-18-7-3-2-4-8-18/h5-6,9,16,18H,2-4,7-8,10-15H2,1H3,(H,22,26). The fourth-order valence-corrected chi connectivity index (χ4v) is 4.05. The molecule has 0 aromatic heterocycles. The summed E-state index contributed by atoms with van der Waals surface area (Å²) in [4.78, 5) is 28.6. The Labute approximate surface area is 156 Å². The highest BCUT2D eigenvalue weighted by atomic mass is 16.2. The Balaban J connectivity index is 1.40. The summed E-state index contributed by atoms with van der Waals surface area (Å²) < 4.78 is 0. The van der Waals surface area contributed by atoms with Crippen molar-refractivity contribution < 1.29 is 9.59 Å². The van der Waals surface area contributed by atoms with Crippen molar-refractivity contribution in [1.29, 1.82) is 0 Å². The second kappa shape index (κ2) is 9.06. The second-order valence-corrected chi connectivity index (χ2v) is 7.71. The maximum absolute atomic E-state index is 12.5. The first-order chi connectivity index (χ1) is 12.6. The Bertz CT molecular complexity index is 617.